The topological polar surface area (TPSA) is 81.9 Å². The fourth-order valence-electron chi connectivity index (χ4n) is 4.43. The van der Waals surface area contributed by atoms with Gasteiger partial charge in [0.05, 0.1) is 12.1 Å². The van der Waals surface area contributed by atoms with Crippen LogP contribution in [0, 0.1) is 12.7 Å². The lowest BCUT2D eigenvalue weighted by Gasteiger charge is -2.37. The van der Waals surface area contributed by atoms with Crippen LogP contribution in [0.5, 0.6) is 17.5 Å². The van der Waals surface area contributed by atoms with Crippen LogP contribution in [0.1, 0.15) is 50.3 Å². The van der Waals surface area contributed by atoms with E-state index in [-0.39, 0.29) is 29.7 Å². The zero-order chi connectivity index (χ0) is 22.8. The number of halogens is 1. The minimum atomic E-state index is -0.269. The van der Waals surface area contributed by atoms with E-state index >= 15 is 0 Å². The Hall–Kier alpha value is -2.45. The van der Waals surface area contributed by atoms with Crippen LogP contribution in [-0.2, 0) is 6.54 Å². The van der Waals surface area contributed by atoms with E-state index < -0.39 is 0 Å². The molecule has 2 fully saturated rings. The Kier molecular flexibility index (Phi) is 6.81. The van der Waals surface area contributed by atoms with Crippen LogP contribution < -0.4 is 15.4 Å². The maximum absolute atomic E-state index is 14.1. The highest BCUT2D eigenvalue weighted by atomic mass is 19.1. The first-order valence-electron chi connectivity index (χ1n) is 11.6. The van der Waals surface area contributed by atoms with E-state index in [9.17, 15) is 14.6 Å². The molecule has 0 amide bonds. The van der Waals surface area contributed by atoms with E-state index in [2.05, 4.69) is 15.5 Å². The Labute approximate surface area is 189 Å². The molecular weight excluding hydrogens is 411 g/mol. The molecule has 0 radical (unpaired) electrons. The number of rotatable bonds is 9. The summed E-state index contributed by atoms with van der Waals surface area (Å²) in [5, 5.41) is 27.9. The van der Waals surface area contributed by atoms with Crippen LogP contribution in [0.15, 0.2) is 18.2 Å². The molecule has 2 heterocycles. The molecule has 4 N–H and O–H groups in total. The van der Waals surface area contributed by atoms with E-state index in [1.54, 1.807) is 16.7 Å². The van der Waals surface area contributed by atoms with Crippen molar-refractivity contribution in [2.45, 2.75) is 64.8 Å². The first-order valence-corrected chi connectivity index (χ1v) is 11.6. The van der Waals surface area contributed by atoms with Crippen LogP contribution in [0.3, 0.4) is 0 Å². The molecule has 176 valence electrons. The second-order valence-corrected chi connectivity index (χ2v) is 9.18. The van der Waals surface area contributed by atoms with Crippen molar-refractivity contribution in [2.24, 2.45) is 0 Å². The van der Waals surface area contributed by atoms with Crippen LogP contribution in [-0.4, -0.2) is 58.0 Å². The summed E-state index contributed by atoms with van der Waals surface area (Å²) in [5.74, 6) is 0.656. The highest BCUT2D eigenvalue weighted by molar-refractivity contribution is 5.65. The number of hydrogen-bond donors (Lipinski definition) is 4. The SMILES string of the molecule is Cc1c(NC2CC2)c(O)n(CCCN2CCNCC2c2cc(F)ccc2OC(C)C)c1O. The molecule has 2 aliphatic rings. The van der Waals surface area contributed by atoms with Gasteiger partial charge in [-0.1, -0.05) is 0 Å². The summed E-state index contributed by atoms with van der Waals surface area (Å²) in [6, 6.07) is 5.11. The quantitative estimate of drug-likeness (QED) is 0.470. The number of ether oxygens (including phenoxy) is 1. The third-order valence-corrected chi connectivity index (χ3v) is 6.25. The number of aromatic hydroxyl groups is 2. The largest absolute Gasteiger partial charge is 0.494 e. The summed E-state index contributed by atoms with van der Waals surface area (Å²) < 4.78 is 21.6. The van der Waals surface area contributed by atoms with Crippen molar-refractivity contribution in [1.29, 1.82) is 0 Å². The van der Waals surface area contributed by atoms with Gasteiger partial charge in [-0.25, -0.2) is 4.39 Å². The van der Waals surface area contributed by atoms with Crippen molar-refractivity contribution in [1.82, 2.24) is 14.8 Å². The molecule has 32 heavy (non-hydrogen) atoms. The van der Waals surface area contributed by atoms with Crippen LogP contribution in [0.4, 0.5) is 10.1 Å². The van der Waals surface area contributed by atoms with E-state index in [1.165, 1.54) is 6.07 Å². The third kappa shape index (κ3) is 4.96. The number of hydrogen-bond acceptors (Lipinski definition) is 6. The molecule has 1 aliphatic heterocycles. The maximum Gasteiger partial charge on any atom is 0.218 e. The standard InChI is InChI=1S/C24H35FN4O3/c1-15(2)32-21-8-5-17(25)13-19(21)20-14-26-9-12-28(20)10-4-11-29-23(30)16(3)22(24(29)31)27-18-6-7-18/h5,8,13,15,18,20,26-27,30-31H,4,6-7,9-12,14H2,1-3H3. The zero-order valence-corrected chi connectivity index (χ0v) is 19.2. The van der Waals surface area contributed by atoms with E-state index in [0.717, 1.165) is 44.5 Å². The van der Waals surface area contributed by atoms with Gasteiger partial charge in [0.15, 0.2) is 5.88 Å². The molecule has 1 saturated carbocycles. The van der Waals surface area contributed by atoms with Gasteiger partial charge in [-0.3, -0.25) is 9.47 Å². The minimum Gasteiger partial charge on any atom is -0.494 e. The number of benzene rings is 1. The molecule has 4 rings (SSSR count). The molecular formula is C24H35FN4O3. The number of aromatic nitrogens is 1. The second kappa shape index (κ2) is 9.58. The molecule has 1 aliphatic carbocycles. The summed E-state index contributed by atoms with van der Waals surface area (Å²) >= 11 is 0. The average Bonchev–Trinajstić information content (AvgIpc) is 3.56. The number of nitrogens with zero attached hydrogens (tertiary/aromatic N) is 2. The fourth-order valence-corrected chi connectivity index (χ4v) is 4.43. The summed E-state index contributed by atoms with van der Waals surface area (Å²) in [6.07, 6.45) is 2.94. The Balaban J connectivity index is 1.46. The van der Waals surface area contributed by atoms with Crippen molar-refractivity contribution < 1.29 is 19.3 Å². The summed E-state index contributed by atoms with van der Waals surface area (Å²) in [4.78, 5) is 2.33. The third-order valence-electron chi connectivity index (χ3n) is 6.25. The Morgan fingerprint density at radius 3 is 2.72 bits per heavy atom. The van der Waals surface area contributed by atoms with Gasteiger partial charge >= 0.3 is 0 Å². The van der Waals surface area contributed by atoms with Crippen molar-refractivity contribution in [3.05, 3.63) is 35.1 Å². The molecule has 1 unspecified atom stereocenters. The van der Waals surface area contributed by atoms with Gasteiger partial charge in [-0.15, -0.1) is 0 Å². The zero-order valence-electron chi connectivity index (χ0n) is 19.2. The van der Waals surface area contributed by atoms with Gasteiger partial charge in [-0.05, 0) is 58.2 Å². The lowest BCUT2D eigenvalue weighted by Crippen LogP contribution is -2.46. The van der Waals surface area contributed by atoms with Crippen molar-refractivity contribution in [3.8, 4) is 17.5 Å². The van der Waals surface area contributed by atoms with Crippen molar-refractivity contribution in [2.75, 3.05) is 31.5 Å². The molecule has 7 nitrogen and oxygen atoms in total. The Bertz CT molecular complexity index is 942. The molecule has 1 atom stereocenters. The highest BCUT2D eigenvalue weighted by Gasteiger charge is 2.29. The minimum absolute atomic E-state index is 0.00517. The van der Waals surface area contributed by atoms with Crippen LogP contribution in [0.2, 0.25) is 0 Å². The number of anilines is 1. The molecule has 8 heteroatoms. The summed E-state index contributed by atoms with van der Waals surface area (Å²) in [5.41, 5.74) is 2.18. The first-order chi connectivity index (χ1) is 15.3. The van der Waals surface area contributed by atoms with Gasteiger partial charge in [0.25, 0.3) is 0 Å². The Morgan fingerprint density at radius 2 is 2.00 bits per heavy atom. The van der Waals surface area contributed by atoms with E-state index in [0.29, 0.717) is 36.1 Å². The molecule has 0 spiro atoms. The molecule has 1 aromatic heterocycles. The van der Waals surface area contributed by atoms with Crippen LogP contribution in [0.25, 0.3) is 0 Å². The predicted molar refractivity (Wildman–Crippen MR) is 123 cm³/mol. The number of nitrogens with one attached hydrogen (secondary N) is 2. The van der Waals surface area contributed by atoms with E-state index in [1.807, 2.05) is 20.8 Å². The normalized spacial score (nSPS) is 19.5. The van der Waals surface area contributed by atoms with Gasteiger partial charge in [-0.2, -0.15) is 0 Å². The van der Waals surface area contributed by atoms with Crippen LogP contribution >= 0.6 is 0 Å². The van der Waals surface area contributed by atoms with Crippen molar-refractivity contribution in [3.63, 3.8) is 0 Å². The Morgan fingerprint density at radius 1 is 1.22 bits per heavy atom. The van der Waals surface area contributed by atoms with Gasteiger partial charge in [0.1, 0.15) is 17.3 Å². The molecule has 2 aromatic rings. The maximum atomic E-state index is 14.1. The first kappa shape index (κ1) is 22.7. The smallest absolute Gasteiger partial charge is 0.218 e. The monoisotopic (exact) mass is 446 g/mol. The van der Waals surface area contributed by atoms with Gasteiger partial charge in [0, 0.05) is 49.9 Å². The van der Waals surface area contributed by atoms with Crippen molar-refractivity contribution >= 4 is 5.69 Å². The number of piperazine rings is 1. The second-order valence-electron chi connectivity index (χ2n) is 9.18. The molecule has 1 aromatic carbocycles. The van der Waals surface area contributed by atoms with E-state index in [4.69, 9.17) is 4.74 Å². The lowest BCUT2D eigenvalue weighted by molar-refractivity contribution is 0.149. The average molecular weight is 447 g/mol. The van der Waals surface area contributed by atoms with Gasteiger partial charge in [0.2, 0.25) is 5.88 Å². The molecule has 0 bridgehead atoms. The predicted octanol–water partition coefficient (Wildman–Crippen LogP) is 3.74. The fraction of sp³-hybridized carbons (Fsp3) is 0.583. The lowest BCUT2D eigenvalue weighted by atomic mass is 10.0. The van der Waals surface area contributed by atoms with Gasteiger partial charge < -0.3 is 25.6 Å². The summed E-state index contributed by atoms with van der Waals surface area (Å²) in [7, 11) is 0. The highest BCUT2D eigenvalue weighted by Crippen LogP contribution is 2.40. The molecule has 1 saturated heterocycles. The summed E-state index contributed by atoms with van der Waals surface area (Å²) in [6.45, 7) is 9.42.